The maximum absolute atomic E-state index is 10.6. The summed E-state index contributed by atoms with van der Waals surface area (Å²) in [5, 5.41) is 10.6. The van der Waals surface area contributed by atoms with Crippen LogP contribution in [0.15, 0.2) is 42.5 Å². The van der Waals surface area contributed by atoms with Gasteiger partial charge in [-0.2, -0.15) is 0 Å². The fraction of sp³-hybridized carbons (Fsp3) is 0.300. The zero-order chi connectivity index (χ0) is 17.8. The van der Waals surface area contributed by atoms with Gasteiger partial charge in [0.2, 0.25) is 6.79 Å². The average molecular weight is 342 g/mol. The normalized spacial score (nSPS) is 15.2. The minimum atomic E-state index is -0.811. The van der Waals surface area contributed by atoms with Gasteiger partial charge in [-0.1, -0.05) is 24.3 Å². The highest BCUT2D eigenvalue weighted by molar-refractivity contribution is 5.55. The summed E-state index contributed by atoms with van der Waals surface area (Å²) in [6.07, 6.45) is 2.66. The van der Waals surface area contributed by atoms with Crippen LogP contribution in [0.1, 0.15) is 31.1 Å². The smallest absolute Gasteiger partial charge is 0.231 e. The lowest BCUT2D eigenvalue weighted by Gasteiger charge is -2.22. The number of methoxy groups -OCH3 is 1. The largest absolute Gasteiger partial charge is 0.493 e. The molecule has 0 bridgehead atoms. The first-order valence-electron chi connectivity index (χ1n) is 8.17. The molecule has 5 heteroatoms. The van der Waals surface area contributed by atoms with Crippen LogP contribution in [0.25, 0.3) is 6.08 Å². The number of allylic oxidation sites excluding steroid dienone is 1. The van der Waals surface area contributed by atoms with E-state index in [1.807, 2.05) is 50.3 Å². The number of fused-ring (bicyclic) bond motifs is 1. The Kier molecular flexibility index (Phi) is 5.14. The third kappa shape index (κ3) is 3.72. The van der Waals surface area contributed by atoms with Gasteiger partial charge in [-0.25, -0.2) is 0 Å². The van der Waals surface area contributed by atoms with Crippen molar-refractivity contribution in [1.82, 2.24) is 0 Å². The van der Waals surface area contributed by atoms with E-state index in [2.05, 4.69) is 0 Å². The van der Waals surface area contributed by atoms with Gasteiger partial charge in [0.05, 0.1) is 7.11 Å². The van der Waals surface area contributed by atoms with Gasteiger partial charge >= 0.3 is 0 Å². The lowest BCUT2D eigenvalue weighted by atomic mass is 10.0. The number of aliphatic hydroxyl groups is 1. The molecule has 1 N–H and O–H groups in total. The maximum atomic E-state index is 10.6. The van der Waals surface area contributed by atoms with Crippen molar-refractivity contribution in [1.29, 1.82) is 0 Å². The molecule has 0 radical (unpaired) electrons. The molecule has 0 aromatic heterocycles. The van der Waals surface area contributed by atoms with E-state index in [9.17, 15) is 5.11 Å². The number of rotatable bonds is 6. The number of hydrogen-bond donors (Lipinski definition) is 1. The van der Waals surface area contributed by atoms with Gasteiger partial charge in [0.25, 0.3) is 0 Å². The van der Waals surface area contributed by atoms with Crippen LogP contribution < -0.4 is 18.9 Å². The van der Waals surface area contributed by atoms with Gasteiger partial charge in [0, 0.05) is 0 Å². The predicted molar refractivity (Wildman–Crippen MR) is 95.3 cm³/mol. The van der Waals surface area contributed by atoms with Crippen LogP contribution in [-0.4, -0.2) is 25.1 Å². The van der Waals surface area contributed by atoms with E-state index < -0.39 is 12.2 Å². The minimum Gasteiger partial charge on any atom is -0.493 e. The van der Waals surface area contributed by atoms with Gasteiger partial charge in [-0.15, -0.1) is 0 Å². The molecule has 25 heavy (non-hydrogen) atoms. The number of ether oxygens (including phenoxy) is 4. The van der Waals surface area contributed by atoms with Crippen LogP contribution in [0, 0.1) is 0 Å². The van der Waals surface area contributed by atoms with E-state index in [1.54, 1.807) is 19.2 Å². The Labute approximate surface area is 147 Å². The molecule has 0 amide bonds. The van der Waals surface area contributed by atoms with Crippen molar-refractivity contribution < 1.29 is 24.1 Å². The molecule has 132 valence electrons. The Morgan fingerprint density at radius 1 is 1.08 bits per heavy atom. The predicted octanol–water partition coefficient (Wildman–Crippen LogP) is 3.96. The summed E-state index contributed by atoms with van der Waals surface area (Å²) in [7, 11) is 1.60. The quantitative estimate of drug-likeness (QED) is 0.861. The van der Waals surface area contributed by atoms with E-state index in [4.69, 9.17) is 18.9 Å². The second kappa shape index (κ2) is 7.49. The molecule has 5 nitrogen and oxygen atoms in total. The van der Waals surface area contributed by atoms with Crippen molar-refractivity contribution in [2.45, 2.75) is 26.1 Å². The summed E-state index contributed by atoms with van der Waals surface area (Å²) >= 11 is 0. The summed E-state index contributed by atoms with van der Waals surface area (Å²) in [6, 6.07) is 11.1. The molecule has 0 fully saturated rings. The molecule has 0 saturated heterocycles. The van der Waals surface area contributed by atoms with Gasteiger partial charge in [0.15, 0.2) is 23.0 Å². The van der Waals surface area contributed by atoms with Crippen LogP contribution in [-0.2, 0) is 0 Å². The number of aliphatic hydroxyl groups excluding tert-OH is 1. The molecule has 1 heterocycles. The summed E-state index contributed by atoms with van der Waals surface area (Å²) in [5.74, 6) is 2.53. The molecular weight excluding hydrogens is 320 g/mol. The summed E-state index contributed by atoms with van der Waals surface area (Å²) < 4.78 is 22.0. The van der Waals surface area contributed by atoms with Crippen molar-refractivity contribution in [3.63, 3.8) is 0 Å². The van der Waals surface area contributed by atoms with Gasteiger partial charge < -0.3 is 24.1 Å². The third-order valence-corrected chi connectivity index (χ3v) is 4.04. The first kappa shape index (κ1) is 17.2. The van der Waals surface area contributed by atoms with Crippen LogP contribution in [0.5, 0.6) is 23.0 Å². The zero-order valence-electron chi connectivity index (χ0n) is 14.6. The van der Waals surface area contributed by atoms with E-state index in [1.165, 1.54) is 0 Å². The number of hydrogen-bond acceptors (Lipinski definition) is 5. The first-order valence-corrected chi connectivity index (χ1v) is 8.17. The average Bonchev–Trinajstić information content (AvgIpc) is 3.10. The summed E-state index contributed by atoms with van der Waals surface area (Å²) in [4.78, 5) is 0. The SMILES string of the molecule is C/C=C/c1ccc(O[C@H](C)[C@@H](O)c2ccc3c(c2)OCO3)c(OC)c1. The molecule has 0 unspecified atom stereocenters. The third-order valence-electron chi connectivity index (χ3n) is 4.04. The molecule has 2 aromatic carbocycles. The second-order valence-electron chi connectivity index (χ2n) is 5.79. The lowest BCUT2D eigenvalue weighted by Crippen LogP contribution is -2.22. The van der Waals surface area contributed by atoms with Crippen LogP contribution in [0.2, 0.25) is 0 Å². The highest BCUT2D eigenvalue weighted by Crippen LogP contribution is 2.36. The monoisotopic (exact) mass is 342 g/mol. The standard InChI is InChI=1S/C20H22O5/c1-4-5-14-6-8-17(18(10-14)22-3)25-13(2)20(21)15-7-9-16-19(11-15)24-12-23-16/h4-11,13,20-21H,12H2,1-3H3/b5-4+/t13-,20-/m1/s1. The molecule has 3 rings (SSSR count). The van der Waals surface area contributed by atoms with Gasteiger partial charge in [0.1, 0.15) is 12.2 Å². The molecule has 1 aliphatic heterocycles. The Hall–Kier alpha value is -2.66. The Bertz CT molecular complexity index is 769. The first-order chi connectivity index (χ1) is 12.1. The van der Waals surface area contributed by atoms with Crippen molar-refractivity contribution in [2.75, 3.05) is 13.9 Å². The van der Waals surface area contributed by atoms with Crippen LogP contribution in [0.3, 0.4) is 0 Å². The number of benzene rings is 2. The lowest BCUT2D eigenvalue weighted by molar-refractivity contribution is 0.0450. The van der Waals surface area contributed by atoms with E-state index in [0.29, 0.717) is 28.6 Å². The Balaban J connectivity index is 1.76. The highest BCUT2D eigenvalue weighted by atomic mass is 16.7. The van der Waals surface area contributed by atoms with Crippen LogP contribution >= 0.6 is 0 Å². The molecule has 0 saturated carbocycles. The fourth-order valence-electron chi connectivity index (χ4n) is 2.71. The van der Waals surface area contributed by atoms with Gasteiger partial charge in [-0.05, 0) is 49.2 Å². The van der Waals surface area contributed by atoms with E-state index >= 15 is 0 Å². The molecule has 0 spiro atoms. The molecular formula is C20H22O5. The maximum Gasteiger partial charge on any atom is 0.231 e. The Morgan fingerprint density at radius 3 is 2.64 bits per heavy atom. The molecule has 2 atom stereocenters. The minimum absolute atomic E-state index is 0.205. The van der Waals surface area contributed by atoms with Crippen molar-refractivity contribution >= 4 is 6.08 Å². The van der Waals surface area contributed by atoms with Gasteiger partial charge in [-0.3, -0.25) is 0 Å². The topological polar surface area (TPSA) is 57.2 Å². The van der Waals surface area contributed by atoms with E-state index in [0.717, 1.165) is 5.56 Å². The molecule has 0 aliphatic carbocycles. The second-order valence-corrected chi connectivity index (χ2v) is 5.79. The highest BCUT2D eigenvalue weighted by Gasteiger charge is 2.22. The fourth-order valence-corrected chi connectivity index (χ4v) is 2.71. The molecule has 1 aliphatic rings. The summed E-state index contributed by atoms with van der Waals surface area (Å²) in [6.45, 7) is 3.98. The zero-order valence-corrected chi connectivity index (χ0v) is 14.6. The van der Waals surface area contributed by atoms with Crippen molar-refractivity contribution in [2.24, 2.45) is 0 Å². The summed E-state index contributed by atoms with van der Waals surface area (Å²) in [5.41, 5.74) is 1.73. The van der Waals surface area contributed by atoms with Crippen LogP contribution in [0.4, 0.5) is 0 Å². The molecule has 2 aromatic rings. The Morgan fingerprint density at radius 2 is 1.88 bits per heavy atom. The van der Waals surface area contributed by atoms with Crippen molar-refractivity contribution in [3.05, 3.63) is 53.6 Å². The van der Waals surface area contributed by atoms with Crippen molar-refractivity contribution in [3.8, 4) is 23.0 Å². The van der Waals surface area contributed by atoms with E-state index in [-0.39, 0.29) is 6.79 Å².